The fraction of sp³-hybridized carbons (Fsp3) is 0.571. The molecule has 0 spiro atoms. The van der Waals surface area contributed by atoms with Crippen molar-refractivity contribution in [2.24, 2.45) is 0 Å². The van der Waals surface area contributed by atoms with E-state index in [1.54, 1.807) is 13.2 Å². The van der Waals surface area contributed by atoms with Gasteiger partial charge in [-0.25, -0.2) is 0 Å². The summed E-state index contributed by atoms with van der Waals surface area (Å²) < 4.78 is 5.12. The minimum Gasteiger partial charge on any atom is -0.504 e. The fourth-order valence-corrected chi connectivity index (χ4v) is 2.17. The number of hydrogen-bond donors (Lipinski definition) is 2. The van der Waals surface area contributed by atoms with Crippen LogP contribution in [0.15, 0.2) is 12.1 Å². The summed E-state index contributed by atoms with van der Waals surface area (Å²) in [5.41, 5.74) is 1.32. The Morgan fingerprint density at radius 1 is 1.35 bits per heavy atom. The van der Waals surface area contributed by atoms with Crippen molar-refractivity contribution in [1.82, 2.24) is 0 Å². The topological polar surface area (TPSA) is 49.7 Å². The number of phenols is 1. The zero-order chi connectivity index (χ0) is 12.6. The quantitative estimate of drug-likeness (QED) is 0.844. The fourth-order valence-electron chi connectivity index (χ4n) is 2.17. The zero-order valence-corrected chi connectivity index (χ0v) is 10.7. The molecule has 1 aliphatic carbocycles. The molecule has 1 fully saturated rings. The van der Waals surface area contributed by atoms with E-state index in [0.29, 0.717) is 18.1 Å². The number of benzene rings is 1. The van der Waals surface area contributed by atoms with E-state index >= 15 is 0 Å². The Kier molecular flexibility index (Phi) is 3.04. The van der Waals surface area contributed by atoms with Crippen LogP contribution in [-0.4, -0.2) is 22.9 Å². The van der Waals surface area contributed by atoms with E-state index in [9.17, 15) is 10.2 Å². The molecule has 2 N–H and O–H groups in total. The summed E-state index contributed by atoms with van der Waals surface area (Å²) in [5.74, 6) is 0.983. The Labute approximate surface area is 102 Å². The standard InChI is InChI=1S/C14H20O3/c1-9(2)10-4-5-12(17-3)13(15)11(10)8-14(16)6-7-14/h4-5,9,15-16H,6-8H2,1-3H3. The van der Waals surface area contributed by atoms with Gasteiger partial charge in [0.05, 0.1) is 12.7 Å². The third-order valence-electron chi connectivity index (χ3n) is 3.46. The molecule has 1 aromatic rings. The van der Waals surface area contributed by atoms with Gasteiger partial charge in [-0.05, 0) is 30.4 Å². The lowest BCUT2D eigenvalue weighted by atomic mass is 9.92. The highest BCUT2D eigenvalue weighted by Gasteiger charge is 2.41. The van der Waals surface area contributed by atoms with Crippen LogP contribution >= 0.6 is 0 Å². The lowest BCUT2D eigenvalue weighted by Crippen LogP contribution is -2.13. The van der Waals surface area contributed by atoms with Crippen LogP contribution < -0.4 is 4.74 Å². The van der Waals surface area contributed by atoms with Gasteiger partial charge in [0.25, 0.3) is 0 Å². The van der Waals surface area contributed by atoms with Crippen molar-refractivity contribution in [2.45, 2.75) is 44.6 Å². The molecule has 3 nitrogen and oxygen atoms in total. The summed E-state index contributed by atoms with van der Waals surface area (Å²) in [6, 6.07) is 3.76. The second-order valence-corrected chi connectivity index (χ2v) is 5.24. The van der Waals surface area contributed by atoms with Gasteiger partial charge in [0.2, 0.25) is 0 Å². The molecule has 17 heavy (non-hydrogen) atoms. The molecule has 0 amide bonds. The van der Waals surface area contributed by atoms with Gasteiger partial charge in [-0.1, -0.05) is 19.9 Å². The van der Waals surface area contributed by atoms with Crippen molar-refractivity contribution in [2.75, 3.05) is 7.11 Å². The number of ether oxygens (including phenoxy) is 1. The van der Waals surface area contributed by atoms with Gasteiger partial charge in [0.1, 0.15) is 0 Å². The predicted octanol–water partition coefficient (Wildman–Crippen LogP) is 2.59. The first-order valence-electron chi connectivity index (χ1n) is 6.08. The maximum atomic E-state index is 10.2. The highest BCUT2D eigenvalue weighted by molar-refractivity contribution is 5.51. The smallest absolute Gasteiger partial charge is 0.161 e. The first-order chi connectivity index (χ1) is 7.97. The van der Waals surface area contributed by atoms with Gasteiger partial charge >= 0.3 is 0 Å². The maximum Gasteiger partial charge on any atom is 0.161 e. The van der Waals surface area contributed by atoms with Crippen molar-refractivity contribution in [3.05, 3.63) is 23.3 Å². The Bertz CT molecular complexity index is 420. The van der Waals surface area contributed by atoms with Gasteiger partial charge in [-0.3, -0.25) is 0 Å². The van der Waals surface area contributed by atoms with Crippen LogP contribution in [0.3, 0.4) is 0 Å². The molecule has 3 heteroatoms. The highest BCUT2D eigenvalue weighted by atomic mass is 16.5. The van der Waals surface area contributed by atoms with Crippen LogP contribution in [0.25, 0.3) is 0 Å². The number of hydrogen-bond acceptors (Lipinski definition) is 3. The molecule has 2 rings (SSSR count). The summed E-state index contributed by atoms with van der Waals surface area (Å²) in [5, 5.41) is 20.2. The average molecular weight is 236 g/mol. The maximum absolute atomic E-state index is 10.2. The molecule has 1 saturated carbocycles. The van der Waals surface area contributed by atoms with Crippen molar-refractivity contribution < 1.29 is 14.9 Å². The molecular weight excluding hydrogens is 216 g/mol. The molecular formula is C14H20O3. The summed E-state index contributed by atoms with van der Waals surface area (Å²) >= 11 is 0. The summed E-state index contributed by atoms with van der Waals surface area (Å²) in [4.78, 5) is 0. The Hall–Kier alpha value is -1.22. The van der Waals surface area contributed by atoms with Crippen molar-refractivity contribution in [3.63, 3.8) is 0 Å². The Balaban J connectivity index is 2.43. The van der Waals surface area contributed by atoms with E-state index in [2.05, 4.69) is 13.8 Å². The van der Waals surface area contributed by atoms with E-state index in [-0.39, 0.29) is 5.75 Å². The highest BCUT2D eigenvalue weighted by Crippen LogP contribution is 2.44. The minimum absolute atomic E-state index is 0.180. The Morgan fingerprint density at radius 3 is 2.47 bits per heavy atom. The first kappa shape index (κ1) is 12.2. The van der Waals surface area contributed by atoms with Crippen LogP contribution in [0.1, 0.15) is 43.7 Å². The molecule has 0 aromatic heterocycles. The van der Waals surface area contributed by atoms with Gasteiger partial charge in [0.15, 0.2) is 11.5 Å². The molecule has 0 aliphatic heterocycles. The van der Waals surface area contributed by atoms with E-state index in [0.717, 1.165) is 24.0 Å². The number of rotatable bonds is 4. The number of methoxy groups -OCH3 is 1. The van der Waals surface area contributed by atoms with E-state index in [1.807, 2.05) is 6.07 Å². The van der Waals surface area contributed by atoms with Gasteiger partial charge < -0.3 is 14.9 Å². The van der Waals surface area contributed by atoms with E-state index in [4.69, 9.17) is 4.74 Å². The predicted molar refractivity (Wildman–Crippen MR) is 66.6 cm³/mol. The van der Waals surface area contributed by atoms with Crippen LogP contribution in [0, 0.1) is 0 Å². The SMILES string of the molecule is COc1ccc(C(C)C)c(CC2(O)CC2)c1O. The number of aromatic hydroxyl groups is 1. The molecule has 0 heterocycles. The van der Waals surface area contributed by atoms with Crippen molar-refractivity contribution >= 4 is 0 Å². The molecule has 94 valence electrons. The molecule has 0 saturated heterocycles. The molecule has 0 unspecified atom stereocenters. The molecule has 0 radical (unpaired) electrons. The molecule has 1 aromatic carbocycles. The van der Waals surface area contributed by atoms with E-state index in [1.165, 1.54) is 0 Å². The van der Waals surface area contributed by atoms with Crippen LogP contribution in [0.5, 0.6) is 11.5 Å². The normalized spacial score (nSPS) is 17.2. The minimum atomic E-state index is -0.604. The lowest BCUT2D eigenvalue weighted by molar-refractivity contribution is 0.149. The largest absolute Gasteiger partial charge is 0.504 e. The van der Waals surface area contributed by atoms with Gasteiger partial charge in [-0.2, -0.15) is 0 Å². The second-order valence-electron chi connectivity index (χ2n) is 5.24. The van der Waals surface area contributed by atoms with Crippen molar-refractivity contribution in [1.29, 1.82) is 0 Å². The molecule has 1 aliphatic rings. The lowest BCUT2D eigenvalue weighted by Gasteiger charge is -2.18. The van der Waals surface area contributed by atoms with Crippen LogP contribution in [-0.2, 0) is 6.42 Å². The number of phenolic OH excluding ortho intramolecular Hbond substituents is 1. The zero-order valence-electron chi connectivity index (χ0n) is 10.7. The third-order valence-corrected chi connectivity index (χ3v) is 3.46. The molecule has 0 atom stereocenters. The summed E-state index contributed by atoms with van der Waals surface area (Å²) in [6.07, 6.45) is 2.16. The second kappa shape index (κ2) is 4.22. The van der Waals surface area contributed by atoms with Crippen LogP contribution in [0.4, 0.5) is 0 Å². The van der Waals surface area contributed by atoms with Gasteiger partial charge in [0, 0.05) is 12.0 Å². The number of aliphatic hydroxyl groups is 1. The van der Waals surface area contributed by atoms with E-state index < -0.39 is 5.60 Å². The van der Waals surface area contributed by atoms with Crippen molar-refractivity contribution in [3.8, 4) is 11.5 Å². The summed E-state index contributed by atoms with van der Waals surface area (Å²) in [6.45, 7) is 4.17. The Morgan fingerprint density at radius 2 is 2.00 bits per heavy atom. The monoisotopic (exact) mass is 236 g/mol. The van der Waals surface area contributed by atoms with Crippen LogP contribution in [0.2, 0.25) is 0 Å². The summed E-state index contributed by atoms with van der Waals surface area (Å²) in [7, 11) is 1.54. The molecule has 0 bridgehead atoms. The third kappa shape index (κ3) is 2.39. The average Bonchev–Trinajstić information content (AvgIpc) is 2.99. The first-order valence-corrected chi connectivity index (χ1v) is 6.08. The van der Waals surface area contributed by atoms with Gasteiger partial charge in [-0.15, -0.1) is 0 Å².